The largest absolute Gasteiger partial charge is 0.496 e. The first-order chi connectivity index (χ1) is 16.3. The normalized spacial score (nSPS) is 11.5. The Morgan fingerprint density at radius 1 is 1.15 bits per heavy atom. The molecular formula is C23H23ClN4O4S2. The molecule has 2 N–H and O–H groups in total. The monoisotopic (exact) mass is 518 g/mol. The number of thiophene rings is 1. The molecule has 0 atom stereocenters. The summed E-state index contributed by atoms with van der Waals surface area (Å²) in [6, 6.07) is 16.2. The van der Waals surface area contributed by atoms with Crippen LogP contribution in [0.25, 0.3) is 10.9 Å². The maximum atomic E-state index is 12.9. The number of sulfonamides is 1. The van der Waals surface area contributed by atoms with Crippen molar-refractivity contribution in [2.75, 3.05) is 11.8 Å². The molecule has 0 aliphatic heterocycles. The van der Waals surface area contributed by atoms with Crippen LogP contribution in [0.15, 0.2) is 58.8 Å². The number of amides is 1. The molecule has 0 unspecified atom stereocenters. The van der Waals surface area contributed by atoms with Crippen LogP contribution in [0.5, 0.6) is 5.75 Å². The number of carbonyl (C=O) groups excluding carboxylic acids is 1. The highest BCUT2D eigenvalue weighted by Gasteiger charge is 2.23. The number of hydrogen-bond acceptors (Lipinski definition) is 6. The van der Waals surface area contributed by atoms with Gasteiger partial charge in [0.2, 0.25) is 5.91 Å². The number of anilines is 1. The summed E-state index contributed by atoms with van der Waals surface area (Å²) < 4.78 is 36.2. The zero-order valence-electron chi connectivity index (χ0n) is 18.5. The van der Waals surface area contributed by atoms with E-state index in [2.05, 4.69) is 15.1 Å². The van der Waals surface area contributed by atoms with Gasteiger partial charge in [-0.15, -0.1) is 11.3 Å². The zero-order chi connectivity index (χ0) is 24.3. The standard InChI is InChI=1S/C23H23ClN4O4S2/c1-3-20(29)25-13-15-6-4-7-16(12-15)14-28-17-8-5-9-18(32-2)22(17)23(26-28)27-34(30,31)21-11-10-19(24)33-21/h4-12H,3,13-14H2,1-2H3,(H,25,29)(H,26,27). The molecule has 2 aromatic carbocycles. The number of rotatable bonds is 9. The van der Waals surface area contributed by atoms with Gasteiger partial charge in [-0.05, 0) is 35.4 Å². The van der Waals surface area contributed by atoms with Gasteiger partial charge in [0.15, 0.2) is 5.82 Å². The summed E-state index contributed by atoms with van der Waals surface area (Å²) in [7, 11) is -2.36. The van der Waals surface area contributed by atoms with E-state index in [9.17, 15) is 13.2 Å². The van der Waals surface area contributed by atoms with Crippen molar-refractivity contribution in [1.82, 2.24) is 15.1 Å². The summed E-state index contributed by atoms with van der Waals surface area (Å²) in [5.74, 6) is 0.657. The molecule has 4 aromatic rings. The average Bonchev–Trinajstić information content (AvgIpc) is 3.42. The summed E-state index contributed by atoms with van der Waals surface area (Å²) in [5.41, 5.74) is 2.63. The van der Waals surface area contributed by atoms with E-state index < -0.39 is 10.0 Å². The van der Waals surface area contributed by atoms with Crippen molar-refractivity contribution in [3.05, 3.63) is 70.1 Å². The van der Waals surface area contributed by atoms with Gasteiger partial charge in [0.1, 0.15) is 9.96 Å². The Bertz CT molecular complexity index is 1450. The maximum Gasteiger partial charge on any atom is 0.272 e. The minimum Gasteiger partial charge on any atom is -0.496 e. The highest BCUT2D eigenvalue weighted by atomic mass is 35.5. The lowest BCUT2D eigenvalue weighted by molar-refractivity contribution is -0.120. The molecule has 0 saturated heterocycles. The van der Waals surface area contributed by atoms with Gasteiger partial charge in [-0.1, -0.05) is 48.9 Å². The van der Waals surface area contributed by atoms with Crippen LogP contribution in [0.4, 0.5) is 5.82 Å². The molecule has 0 bridgehead atoms. The number of methoxy groups -OCH3 is 1. The molecular weight excluding hydrogens is 496 g/mol. The van der Waals surface area contributed by atoms with Crippen molar-refractivity contribution in [2.24, 2.45) is 0 Å². The third kappa shape index (κ3) is 5.19. The third-order valence-electron chi connectivity index (χ3n) is 5.14. The lowest BCUT2D eigenvalue weighted by Gasteiger charge is -2.08. The predicted molar refractivity (Wildman–Crippen MR) is 134 cm³/mol. The predicted octanol–water partition coefficient (Wildman–Crippen LogP) is 4.64. The van der Waals surface area contributed by atoms with E-state index in [4.69, 9.17) is 16.3 Å². The molecule has 178 valence electrons. The highest BCUT2D eigenvalue weighted by Crippen LogP contribution is 2.35. The number of halogens is 1. The lowest BCUT2D eigenvalue weighted by atomic mass is 10.1. The second-order valence-corrected chi connectivity index (χ2v) is 11.1. The van der Waals surface area contributed by atoms with Gasteiger partial charge < -0.3 is 10.1 Å². The fourth-order valence-electron chi connectivity index (χ4n) is 3.52. The van der Waals surface area contributed by atoms with Gasteiger partial charge in [0.25, 0.3) is 10.0 Å². The van der Waals surface area contributed by atoms with Crippen molar-refractivity contribution < 1.29 is 17.9 Å². The second kappa shape index (κ2) is 10.0. The highest BCUT2D eigenvalue weighted by molar-refractivity contribution is 7.94. The fourth-order valence-corrected chi connectivity index (χ4v) is 6.01. The number of benzene rings is 2. The quantitative estimate of drug-likeness (QED) is 0.336. The zero-order valence-corrected chi connectivity index (χ0v) is 20.9. The molecule has 2 aromatic heterocycles. The van der Waals surface area contributed by atoms with Crippen LogP contribution in [0.1, 0.15) is 24.5 Å². The Balaban J connectivity index is 1.69. The summed E-state index contributed by atoms with van der Waals surface area (Å²) in [6.45, 7) is 2.64. The van der Waals surface area contributed by atoms with Crippen molar-refractivity contribution >= 4 is 55.6 Å². The fraction of sp³-hybridized carbons (Fsp3) is 0.217. The van der Waals surface area contributed by atoms with E-state index >= 15 is 0 Å². The molecule has 0 fully saturated rings. The molecule has 2 heterocycles. The first kappa shape index (κ1) is 24.1. The number of fused-ring (bicyclic) bond motifs is 1. The van der Waals surface area contributed by atoms with Gasteiger partial charge in [0.05, 0.1) is 28.9 Å². The Hall–Kier alpha value is -3.08. The van der Waals surface area contributed by atoms with Crippen LogP contribution in [0.3, 0.4) is 0 Å². The van der Waals surface area contributed by atoms with Gasteiger partial charge in [-0.2, -0.15) is 5.10 Å². The van der Waals surface area contributed by atoms with E-state index in [1.165, 1.54) is 19.2 Å². The minimum absolute atomic E-state index is 0.0143. The van der Waals surface area contributed by atoms with Crippen molar-refractivity contribution in [2.45, 2.75) is 30.6 Å². The maximum absolute atomic E-state index is 12.9. The molecule has 0 aliphatic rings. The minimum atomic E-state index is -3.88. The molecule has 0 radical (unpaired) electrons. The smallest absolute Gasteiger partial charge is 0.272 e. The van der Waals surface area contributed by atoms with Gasteiger partial charge in [-0.3, -0.25) is 14.2 Å². The molecule has 11 heteroatoms. The lowest BCUT2D eigenvalue weighted by Crippen LogP contribution is -2.21. The van der Waals surface area contributed by atoms with Crippen molar-refractivity contribution in [1.29, 1.82) is 0 Å². The summed E-state index contributed by atoms with van der Waals surface area (Å²) in [5, 5.41) is 8.00. The molecule has 0 aliphatic carbocycles. The van der Waals surface area contributed by atoms with E-state index in [1.807, 2.05) is 43.3 Å². The van der Waals surface area contributed by atoms with E-state index in [0.717, 1.165) is 22.5 Å². The second-order valence-electron chi connectivity index (χ2n) is 7.47. The van der Waals surface area contributed by atoms with Crippen LogP contribution >= 0.6 is 22.9 Å². The van der Waals surface area contributed by atoms with Gasteiger partial charge >= 0.3 is 0 Å². The number of hydrogen-bond donors (Lipinski definition) is 2. The number of ether oxygens (including phenoxy) is 1. The van der Waals surface area contributed by atoms with Crippen LogP contribution in [-0.4, -0.2) is 31.2 Å². The number of nitrogens with one attached hydrogen (secondary N) is 2. The Kier molecular flexibility index (Phi) is 7.11. The topological polar surface area (TPSA) is 102 Å². The molecule has 0 saturated carbocycles. The first-order valence-corrected chi connectivity index (χ1v) is 13.1. The van der Waals surface area contributed by atoms with Crippen molar-refractivity contribution in [3.8, 4) is 5.75 Å². The first-order valence-electron chi connectivity index (χ1n) is 10.5. The average molecular weight is 519 g/mol. The Morgan fingerprint density at radius 2 is 1.91 bits per heavy atom. The van der Waals surface area contributed by atoms with Crippen LogP contribution in [0.2, 0.25) is 4.34 Å². The molecule has 1 amide bonds. The Labute approximate surface area is 206 Å². The Morgan fingerprint density at radius 3 is 2.62 bits per heavy atom. The summed E-state index contributed by atoms with van der Waals surface area (Å²) >= 11 is 6.90. The van der Waals surface area contributed by atoms with E-state index in [-0.39, 0.29) is 15.9 Å². The van der Waals surface area contributed by atoms with Gasteiger partial charge in [-0.25, -0.2) is 8.42 Å². The number of nitrogens with zero attached hydrogens (tertiary/aromatic N) is 2. The molecule has 34 heavy (non-hydrogen) atoms. The van der Waals surface area contributed by atoms with Crippen LogP contribution in [0, 0.1) is 0 Å². The SMILES string of the molecule is CCC(=O)NCc1cccc(Cn2nc(NS(=O)(=O)c3ccc(Cl)s3)c3c(OC)cccc32)c1. The van der Waals surface area contributed by atoms with Gasteiger partial charge in [0, 0.05) is 13.0 Å². The molecule has 4 rings (SSSR count). The molecule has 8 nitrogen and oxygen atoms in total. The van der Waals surface area contributed by atoms with Crippen LogP contribution in [-0.2, 0) is 27.9 Å². The number of carbonyl (C=O) groups is 1. The summed E-state index contributed by atoms with van der Waals surface area (Å²) in [6.07, 6.45) is 0.428. The number of aromatic nitrogens is 2. The third-order valence-corrected chi connectivity index (χ3v) is 8.20. The van der Waals surface area contributed by atoms with E-state index in [0.29, 0.717) is 40.5 Å². The van der Waals surface area contributed by atoms with E-state index in [1.54, 1.807) is 10.7 Å². The molecule has 0 spiro atoms. The van der Waals surface area contributed by atoms with Crippen LogP contribution < -0.4 is 14.8 Å². The van der Waals surface area contributed by atoms with Crippen molar-refractivity contribution in [3.63, 3.8) is 0 Å². The summed E-state index contributed by atoms with van der Waals surface area (Å²) in [4.78, 5) is 11.6.